The van der Waals surface area contributed by atoms with Crippen molar-refractivity contribution in [1.82, 2.24) is 10.3 Å². The van der Waals surface area contributed by atoms with Crippen LogP contribution in [0.3, 0.4) is 0 Å². The molecule has 1 amide bonds. The Morgan fingerprint density at radius 3 is 2.52 bits per heavy atom. The largest absolute Gasteiger partial charge is 0.505 e. The van der Waals surface area contributed by atoms with Crippen molar-refractivity contribution in [1.29, 1.82) is 0 Å². The van der Waals surface area contributed by atoms with Gasteiger partial charge in [0.05, 0.1) is 27.9 Å². The van der Waals surface area contributed by atoms with Crippen LogP contribution in [0.5, 0.6) is 11.5 Å². The molecule has 1 heterocycles. The predicted molar refractivity (Wildman–Crippen MR) is 160 cm³/mol. The average molecular weight is 583 g/mol. The van der Waals surface area contributed by atoms with Crippen molar-refractivity contribution in [2.24, 2.45) is 11.8 Å². The van der Waals surface area contributed by atoms with Crippen molar-refractivity contribution in [3.05, 3.63) is 71.8 Å². The molecule has 0 aliphatic carbocycles. The van der Waals surface area contributed by atoms with Gasteiger partial charge in [-0.05, 0) is 72.4 Å². The smallest absolute Gasteiger partial charge is 0.264 e. The molecule has 9 nitrogen and oxygen atoms in total. The Bertz CT molecular complexity index is 1600. The summed E-state index contributed by atoms with van der Waals surface area (Å²) in [7, 11) is -2.44. The van der Waals surface area contributed by atoms with Crippen molar-refractivity contribution >= 4 is 48.3 Å². The highest BCUT2D eigenvalue weighted by Gasteiger charge is 2.29. The molecule has 0 aliphatic heterocycles. The molecule has 40 heavy (non-hydrogen) atoms. The number of anilines is 2. The maximum atomic E-state index is 13.7. The van der Waals surface area contributed by atoms with Crippen LogP contribution in [-0.2, 0) is 16.4 Å². The van der Waals surface area contributed by atoms with Gasteiger partial charge in [0.2, 0.25) is 0 Å². The number of hydrogen-bond donors (Lipinski definition) is 3. The van der Waals surface area contributed by atoms with Crippen LogP contribution in [0.1, 0.15) is 36.7 Å². The number of nitrogens with two attached hydrogens (primary N) is 1. The summed E-state index contributed by atoms with van der Waals surface area (Å²) < 4.78 is 34.6. The molecule has 0 spiro atoms. The molecule has 0 bridgehead atoms. The van der Waals surface area contributed by atoms with Gasteiger partial charge in [0.15, 0.2) is 5.13 Å². The SMILES string of the molecule is COc1ccc(S(=O)(=O)N(CC(C)C)c2cccc(C[C@@H](C)CNC(=O)c3ccc4nc(N)sc4c3)c2O)cc1. The summed E-state index contributed by atoms with van der Waals surface area (Å²) in [5.41, 5.74) is 7.85. The number of rotatable bonds is 11. The molecule has 11 heteroatoms. The van der Waals surface area contributed by atoms with Gasteiger partial charge in [0, 0.05) is 18.7 Å². The molecule has 1 aromatic heterocycles. The summed E-state index contributed by atoms with van der Waals surface area (Å²) in [6, 6.07) is 16.5. The van der Waals surface area contributed by atoms with Gasteiger partial charge in [0.25, 0.3) is 15.9 Å². The molecule has 0 aliphatic rings. The van der Waals surface area contributed by atoms with E-state index in [1.54, 1.807) is 48.5 Å². The third-order valence-electron chi connectivity index (χ3n) is 6.39. The Kier molecular flexibility index (Phi) is 8.85. The molecule has 1 atom stereocenters. The minimum absolute atomic E-state index is 0.00540. The van der Waals surface area contributed by atoms with Crippen LogP contribution in [-0.4, -0.2) is 44.6 Å². The lowest BCUT2D eigenvalue weighted by atomic mass is 9.99. The van der Waals surface area contributed by atoms with E-state index in [0.29, 0.717) is 35.0 Å². The van der Waals surface area contributed by atoms with Crippen LogP contribution in [0.4, 0.5) is 10.8 Å². The molecule has 0 saturated heterocycles. The van der Waals surface area contributed by atoms with Gasteiger partial charge in [0.1, 0.15) is 11.5 Å². The topological polar surface area (TPSA) is 135 Å². The van der Waals surface area contributed by atoms with E-state index in [9.17, 15) is 18.3 Å². The number of phenols is 1. The predicted octanol–water partition coefficient (Wildman–Crippen LogP) is 5.05. The fraction of sp³-hybridized carbons (Fsp3) is 0.310. The van der Waals surface area contributed by atoms with Gasteiger partial charge in [-0.1, -0.05) is 44.2 Å². The van der Waals surface area contributed by atoms with E-state index in [1.165, 1.54) is 34.9 Å². The quantitative estimate of drug-likeness (QED) is 0.225. The fourth-order valence-corrected chi connectivity index (χ4v) is 6.79. The van der Waals surface area contributed by atoms with Gasteiger partial charge < -0.3 is 20.9 Å². The monoisotopic (exact) mass is 582 g/mol. The second kappa shape index (κ2) is 12.1. The standard InChI is InChI=1S/C29H34N4O5S2/c1-18(2)17-33(40(36,37)23-11-9-22(38-4)10-12-23)25-7-5-6-20(27(25)34)14-19(3)16-31-28(35)21-8-13-24-26(15-21)39-29(30)32-24/h5-13,15,18-19,34H,14,16-17H2,1-4H3,(H2,30,32)(H,31,35)/t19-/m1/s1. The van der Waals surface area contributed by atoms with Crippen LogP contribution in [0, 0.1) is 11.8 Å². The van der Waals surface area contributed by atoms with E-state index < -0.39 is 10.0 Å². The first-order valence-corrected chi connectivity index (χ1v) is 15.2. The van der Waals surface area contributed by atoms with Gasteiger partial charge in [-0.2, -0.15) is 0 Å². The van der Waals surface area contributed by atoms with E-state index in [1.807, 2.05) is 20.8 Å². The summed E-state index contributed by atoms with van der Waals surface area (Å²) in [6.45, 7) is 6.35. The minimum Gasteiger partial charge on any atom is -0.505 e. The van der Waals surface area contributed by atoms with Crippen molar-refractivity contribution < 1.29 is 23.1 Å². The molecule has 4 aromatic rings. The summed E-state index contributed by atoms with van der Waals surface area (Å²) in [5.74, 6) is 0.212. The molecule has 212 valence electrons. The average Bonchev–Trinajstić information content (AvgIpc) is 3.30. The number of para-hydroxylation sites is 1. The number of ether oxygens (including phenoxy) is 1. The Morgan fingerprint density at radius 1 is 1.12 bits per heavy atom. The Labute approximate surface area is 238 Å². The van der Waals surface area contributed by atoms with Crippen LogP contribution >= 0.6 is 11.3 Å². The number of nitrogen functional groups attached to an aromatic ring is 1. The Morgan fingerprint density at radius 2 is 1.85 bits per heavy atom. The van der Waals surface area contributed by atoms with E-state index in [2.05, 4.69) is 10.3 Å². The molecule has 4 N–H and O–H groups in total. The number of methoxy groups -OCH3 is 1. The van der Waals surface area contributed by atoms with Gasteiger partial charge in [-0.15, -0.1) is 0 Å². The molecule has 3 aromatic carbocycles. The number of nitrogens with zero attached hydrogens (tertiary/aromatic N) is 2. The second-order valence-electron chi connectivity index (χ2n) is 10.1. The lowest BCUT2D eigenvalue weighted by Gasteiger charge is -2.28. The highest BCUT2D eigenvalue weighted by atomic mass is 32.2. The number of amides is 1. The number of phenolic OH excluding ortho intramolecular Hbond substituents is 1. The molecular formula is C29H34N4O5S2. The number of hydrogen-bond acceptors (Lipinski definition) is 8. The number of aromatic nitrogens is 1. The lowest BCUT2D eigenvalue weighted by Crippen LogP contribution is -2.34. The number of fused-ring (bicyclic) bond motifs is 1. The van der Waals surface area contributed by atoms with E-state index in [-0.39, 0.29) is 40.6 Å². The first-order valence-electron chi connectivity index (χ1n) is 12.9. The first-order chi connectivity index (χ1) is 19.0. The number of aromatic hydroxyl groups is 1. The van der Waals surface area contributed by atoms with Crippen molar-refractivity contribution in [3.63, 3.8) is 0 Å². The number of carbonyl (C=O) groups is 1. The van der Waals surface area contributed by atoms with Crippen molar-refractivity contribution in [2.45, 2.75) is 32.1 Å². The van der Waals surface area contributed by atoms with Crippen LogP contribution in [0.2, 0.25) is 0 Å². The summed E-state index contributed by atoms with van der Waals surface area (Å²) >= 11 is 1.33. The fourth-order valence-electron chi connectivity index (χ4n) is 4.38. The summed E-state index contributed by atoms with van der Waals surface area (Å²) in [5, 5.41) is 14.6. The molecule has 0 saturated carbocycles. The highest BCUT2D eigenvalue weighted by Crippen LogP contribution is 2.36. The molecule has 0 radical (unpaired) electrons. The second-order valence-corrected chi connectivity index (χ2v) is 13.1. The first kappa shape index (κ1) is 29.2. The molecule has 0 fully saturated rings. The van der Waals surface area contributed by atoms with Crippen LogP contribution in [0.15, 0.2) is 65.6 Å². The Hall–Kier alpha value is -3.83. The molecule has 4 rings (SSSR count). The highest BCUT2D eigenvalue weighted by molar-refractivity contribution is 7.92. The number of carbonyl (C=O) groups excluding carboxylic acids is 1. The van der Waals surface area contributed by atoms with E-state index in [0.717, 1.165) is 10.2 Å². The Balaban J connectivity index is 1.50. The van der Waals surface area contributed by atoms with Crippen LogP contribution < -0.4 is 20.1 Å². The van der Waals surface area contributed by atoms with Crippen molar-refractivity contribution in [3.8, 4) is 11.5 Å². The third kappa shape index (κ3) is 6.48. The molecule has 0 unspecified atom stereocenters. The molecular weight excluding hydrogens is 548 g/mol. The van der Waals surface area contributed by atoms with E-state index >= 15 is 0 Å². The number of nitrogens with one attached hydrogen (secondary N) is 1. The van der Waals surface area contributed by atoms with Crippen LogP contribution in [0.25, 0.3) is 10.2 Å². The van der Waals surface area contributed by atoms with Gasteiger partial charge >= 0.3 is 0 Å². The number of thiazole rings is 1. The minimum atomic E-state index is -3.96. The van der Waals surface area contributed by atoms with Gasteiger partial charge in [-0.3, -0.25) is 9.10 Å². The number of sulfonamides is 1. The van der Waals surface area contributed by atoms with Gasteiger partial charge in [-0.25, -0.2) is 13.4 Å². The third-order valence-corrected chi connectivity index (χ3v) is 9.03. The maximum absolute atomic E-state index is 13.7. The zero-order valence-corrected chi connectivity index (χ0v) is 24.6. The zero-order valence-electron chi connectivity index (χ0n) is 22.9. The zero-order chi connectivity index (χ0) is 29.0. The van der Waals surface area contributed by atoms with E-state index in [4.69, 9.17) is 10.5 Å². The number of benzene rings is 3. The summed E-state index contributed by atoms with van der Waals surface area (Å²) in [4.78, 5) is 17.1. The normalized spacial score (nSPS) is 12.4. The lowest BCUT2D eigenvalue weighted by molar-refractivity contribution is 0.0948. The summed E-state index contributed by atoms with van der Waals surface area (Å²) in [6.07, 6.45) is 0.433. The van der Waals surface area contributed by atoms with Crippen molar-refractivity contribution in [2.75, 3.05) is 30.2 Å². The maximum Gasteiger partial charge on any atom is 0.264 e.